The zero-order valence-electron chi connectivity index (χ0n) is 29.9. The van der Waals surface area contributed by atoms with Gasteiger partial charge in [-0.05, 0) is 77.8 Å². The molecule has 5 heterocycles. The summed E-state index contributed by atoms with van der Waals surface area (Å²) in [5.41, 5.74) is 3.90. The number of nitrogens with zero attached hydrogens (tertiary/aromatic N) is 8. The van der Waals surface area contributed by atoms with Crippen LogP contribution in [0.3, 0.4) is 0 Å². The number of hydrogen-bond acceptors (Lipinski definition) is 11. The molecule has 51 heavy (non-hydrogen) atoms. The van der Waals surface area contributed by atoms with Crippen LogP contribution in [0.5, 0.6) is 6.01 Å². The van der Waals surface area contributed by atoms with Crippen LogP contribution >= 0.6 is 0 Å². The quantitative estimate of drug-likeness (QED) is 0.326. The summed E-state index contributed by atoms with van der Waals surface area (Å²) in [4.78, 5) is 40.2. The van der Waals surface area contributed by atoms with E-state index in [-0.39, 0.29) is 31.8 Å². The summed E-state index contributed by atoms with van der Waals surface area (Å²) in [6.07, 6.45) is 5.68. The molecule has 7 rings (SSSR count). The molecule has 0 radical (unpaired) electrons. The molecule has 3 fully saturated rings. The largest absolute Gasteiger partial charge is 0.465 e. The molecule has 1 aliphatic carbocycles. The highest BCUT2D eigenvalue weighted by Crippen LogP contribution is 2.39. The maximum absolute atomic E-state index is 12.6. The van der Waals surface area contributed by atoms with Crippen molar-refractivity contribution < 1.29 is 28.9 Å². The fourth-order valence-corrected chi connectivity index (χ4v) is 7.45. The normalized spacial score (nSPS) is 21.5. The molecule has 15 heteroatoms. The number of nitrogens with one attached hydrogen (secondary N) is 1. The third-order valence-corrected chi connectivity index (χ3v) is 10.2. The Hall–Kier alpha value is -4.84. The first-order chi connectivity index (χ1) is 24.4. The minimum Gasteiger partial charge on any atom is -0.465 e. The van der Waals surface area contributed by atoms with E-state index < -0.39 is 29.4 Å². The van der Waals surface area contributed by atoms with E-state index in [0.717, 1.165) is 72.1 Å². The van der Waals surface area contributed by atoms with Gasteiger partial charge in [-0.15, -0.1) is 0 Å². The van der Waals surface area contributed by atoms with Gasteiger partial charge in [-0.25, -0.2) is 14.3 Å². The van der Waals surface area contributed by atoms with Crippen LogP contribution in [0.4, 0.5) is 21.1 Å². The molecule has 1 aromatic carbocycles. The van der Waals surface area contributed by atoms with Crippen LogP contribution in [0.2, 0.25) is 0 Å². The summed E-state index contributed by atoms with van der Waals surface area (Å²) in [6.45, 7) is 10.7. The summed E-state index contributed by atoms with van der Waals surface area (Å²) in [5, 5.41) is 28.1. The lowest BCUT2D eigenvalue weighted by Gasteiger charge is -2.41. The summed E-state index contributed by atoms with van der Waals surface area (Å²) in [5.74, 6) is 0.699. The Morgan fingerprint density at radius 3 is 2.69 bits per heavy atom. The molecule has 1 unspecified atom stereocenters. The molecule has 2 atom stereocenters. The predicted octanol–water partition coefficient (Wildman–Crippen LogP) is 4.91. The van der Waals surface area contributed by atoms with E-state index in [2.05, 4.69) is 40.2 Å². The minimum atomic E-state index is -1.03. The molecular formula is C36H47N9O6. The van der Waals surface area contributed by atoms with Gasteiger partial charge in [0.25, 0.3) is 0 Å². The van der Waals surface area contributed by atoms with E-state index in [0.29, 0.717) is 38.4 Å². The molecule has 272 valence electrons. The van der Waals surface area contributed by atoms with Gasteiger partial charge < -0.3 is 39.3 Å². The van der Waals surface area contributed by atoms with Crippen LogP contribution in [-0.2, 0) is 22.4 Å². The van der Waals surface area contributed by atoms with E-state index in [4.69, 9.17) is 29.3 Å². The molecule has 2 N–H and O–H groups in total. The van der Waals surface area contributed by atoms with Crippen molar-refractivity contribution in [2.75, 3.05) is 49.2 Å². The number of benzene rings is 1. The van der Waals surface area contributed by atoms with Crippen molar-refractivity contribution in [1.29, 1.82) is 5.26 Å². The predicted molar refractivity (Wildman–Crippen MR) is 188 cm³/mol. The highest BCUT2D eigenvalue weighted by Gasteiger charge is 2.46. The summed E-state index contributed by atoms with van der Waals surface area (Å²) in [7, 11) is 0. The Morgan fingerprint density at radius 2 is 1.98 bits per heavy atom. The Bertz CT molecular complexity index is 1840. The molecule has 4 aliphatic rings. The number of aromatic nitrogens is 4. The topological polar surface area (TPSA) is 171 Å². The molecule has 15 nitrogen and oxygen atoms in total. The highest BCUT2D eigenvalue weighted by atomic mass is 16.6. The van der Waals surface area contributed by atoms with Crippen LogP contribution in [0.15, 0.2) is 18.3 Å². The molecule has 3 aliphatic heterocycles. The van der Waals surface area contributed by atoms with E-state index in [1.165, 1.54) is 4.90 Å². The number of carboxylic acid groups (broad SMARTS) is 1. The van der Waals surface area contributed by atoms with Crippen molar-refractivity contribution in [2.24, 2.45) is 0 Å². The Labute approximate surface area is 297 Å². The number of anilines is 2. The second-order valence-corrected chi connectivity index (χ2v) is 15.1. The number of rotatable bonds is 8. The van der Waals surface area contributed by atoms with Crippen molar-refractivity contribution >= 4 is 34.6 Å². The van der Waals surface area contributed by atoms with E-state index in [1.807, 2.05) is 31.6 Å². The maximum Gasteiger partial charge on any atom is 0.408 e. The third kappa shape index (κ3) is 7.33. The number of aryl methyl sites for hydroxylation is 1. The Kier molecular flexibility index (Phi) is 9.30. The number of nitriles is 1. The Balaban J connectivity index is 1.19. The number of carbonyl (C=O) groups excluding carboxylic acids is 1. The number of hydrogen-bond donors (Lipinski definition) is 2. The van der Waals surface area contributed by atoms with Crippen molar-refractivity contribution in [3.05, 3.63) is 35.2 Å². The van der Waals surface area contributed by atoms with Gasteiger partial charge in [0.05, 0.1) is 53.7 Å². The van der Waals surface area contributed by atoms with Crippen molar-refractivity contribution in [3.63, 3.8) is 0 Å². The van der Waals surface area contributed by atoms with Crippen molar-refractivity contribution in [2.45, 2.75) is 103 Å². The van der Waals surface area contributed by atoms with Crippen LogP contribution in [0.25, 0.3) is 10.9 Å². The standard InChI is InChI=1S/C36H47N9O6/c1-23-8-9-28-26(19-38-45(28)29-7-5-6-18-49-29)30(23)42-15-11-25-27(21-42)39-32(50-22-36(12-13-36)41-33(46)51-35(2,3)4)40-31(25)43-16-17-44(34(47)48)24(20-43)10-14-37/h8-9,19,24,29H,5-7,10-13,15-18,20-22H2,1-4H3,(H,41,46)(H,47,48)/t24-,29?/m0/s1. The number of amides is 2. The second-order valence-electron chi connectivity index (χ2n) is 15.1. The average Bonchev–Trinajstić information content (AvgIpc) is 3.72. The van der Waals surface area contributed by atoms with Gasteiger partial charge in [0, 0.05) is 43.7 Å². The number of alkyl carbamates (subject to hydrolysis) is 1. The number of fused-ring (bicyclic) bond motifs is 2. The SMILES string of the molecule is Cc1ccc2c(cnn2C2CCCCO2)c1N1CCc2c(nc(OCC3(NC(=O)OC(C)(C)C)CC3)nc2N2CCN(C(=O)O)[C@@H](CC#N)C2)C1. The summed E-state index contributed by atoms with van der Waals surface area (Å²) < 4.78 is 19.9. The second kappa shape index (κ2) is 13.7. The number of piperazine rings is 1. The van der Waals surface area contributed by atoms with Crippen molar-refractivity contribution in [3.8, 4) is 12.1 Å². The first kappa shape index (κ1) is 34.6. The van der Waals surface area contributed by atoms with Crippen molar-refractivity contribution in [1.82, 2.24) is 30.0 Å². The Morgan fingerprint density at radius 1 is 1.16 bits per heavy atom. The van der Waals surface area contributed by atoms with Gasteiger partial charge in [-0.2, -0.15) is 20.3 Å². The first-order valence-electron chi connectivity index (χ1n) is 17.9. The van der Waals surface area contributed by atoms with Gasteiger partial charge >= 0.3 is 18.2 Å². The minimum absolute atomic E-state index is 0.0742. The fraction of sp³-hybridized carbons (Fsp3) is 0.611. The van der Waals surface area contributed by atoms with Crippen LogP contribution < -0.4 is 19.9 Å². The van der Waals surface area contributed by atoms with Gasteiger partial charge in [0.2, 0.25) is 0 Å². The van der Waals surface area contributed by atoms with Gasteiger partial charge in [0.15, 0.2) is 6.23 Å². The molecule has 3 aromatic rings. The lowest BCUT2D eigenvalue weighted by atomic mass is 10.0. The zero-order chi connectivity index (χ0) is 35.9. The van der Waals surface area contributed by atoms with Gasteiger partial charge in [-0.1, -0.05) is 6.07 Å². The fourth-order valence-electron chi connectivity index (χ4n) is 7.45. The summed E-state index contributed by atoms with van der Waals surface area (Å²) in [6, 6.07) is 6.11. The van der Waals surface area contributed by atoms with Crippen LogP contribution in [-0.4, -0.2) is 98.5 Å². The van der Waals surface area contributed by atoms with E-state index >= 15 is 0 Å². The third-order valence-electron chi connectivity index (χ3n) is 10.2. The zero-order valence-corrected chi connectivity index (χ0v) is 29.9. The average molecular weight is 702 g/mol. The molecule has 1 saturated carbocycles. The smallest absolute Gasteiger partial charge is 0.408 e. The first-order valence-corrected chi connectivity index (χ1v) is 17.9. The van der Waals surface area contributed by atoms with Crippen LogP contribution in [0.1, 0.15) is 82.3 Å². The van der Waals surface area contributed by atoms with Gasteiger partial charge in [-0.3, -0.25) is 0 Å². The molecular weight excluding hydrogens is 654 g/mol. The molecule has 2 aromatic heterocycles. The molecule has 0 spiro atoms. The molecule has 2 amide bonds. The molecule has 0 bridgehead atoms. The van der Waals surface area contributed by atoms with E-state index in [9.17, 15) is 20.0 Å². The highest BCUT2D eigenvalue weighted by molar-refractivity contribution is 5.94. The number of ether oxygens (including phenoxy) is 3. The van der Waals surface area contributed by atoms with Gasteiger partial charge in [0.1, 0.15) is 18.0 Å². The van der Waals surface area contributed by atoms with Crippen LogP contribution in [0, 0.1) is 18.3 Å². The lowest BCUT2D eigenvalue weighted by Crippen LogP contribution is -2.55. The van der Waals surface area contributed by atoms with E-state index in [1.54, 1.807) is 0 Å². The summed E-state index contributed by atoms with van der Waals surface area (Å²) >= 11 is 0. The number of carbonyl (C=O) groups is 2. The molecule has 2 saturated heterocycles. The lowest BCUT2D eigenvalue weighted by molar-refractivity contribution is -0.0366. The monoisotopic (exact) mass is 701 g/mol. The maximum atomic E-state index is 12.6.